The summed E-state index contributed by atoms with van der Waals surface area (Å²) in [5.74, 6) is 2.05. The summed E-state index contributed by atoms with van der Waals surface area (Å²) in [5.41, 5.74) is 13.6. The van der Waals surface area contributed by atoms with Gasteiger partial charge in [-0.25, -0.2) is 15.0 Å². The van der Waals surface area contributed by atoms with Crippen molar-refractivity contribution >= 4 is 16.9 Å². The lowest BCUT2D eigenvalue weighted by molar-refractivity contribution is 0.717. The second kappa shape index (κ2) is 13.7. The summed E-state index contributed by atoms with van der Waals surface area (Å²) in [5, 5.41) is 0. The van der Waals surface area contributed by atoms with E-state index in [4.69, 9.17) is 15.0 Å². The third-order valence-electron chi connectivity index (χ3n) is 11.0. The molecule has 0 spiro atoms. The maximum absolute atomic E-state index is 5.45. The van der Waals surface area contributed by atoms with E-state index in [2.05, 4.69) is 189 Å². The fourth-order valence-corrected chi connectivity index (χ4v) is 9.73. The molecule has 0 aliphatic heterocycles. The molecule has 2 aliphatic carbocycles. The highest BCUT2D eigenvalue weighted by Crippen LogP contribution is 2.61. The first-order valence-corrected chi connectivity index (χ1v) is 19.7. The standard InChI is InChI=1S/C51H37N3S/c1-51(41-27-15-6-16-28-41)43-30-18-17-29-42(43)46-45(51)44(36-23-11-4-12-24-36)47(55-46)50-53-48(37-25-13-5-14-26-37)52-49(54-50)40-32-38(34-19-7-2-8-20-34)31-39(33-40)35-21-9-3-10-22-35/h2-4,6-13,15-33H,5,14H2,1H3. The smallest absolute Gasteiger partial charge is 0.174 e. The van der Waals surface area contributed by atoms with Gasteiger partial charge in [0.2, 0.25) is 0 Å². The molecule has 1 atom stereocenters. The first-order chi connectivity index (χ1) is 27.1. The number of rotatable bonds is 7. The average Bonchev–Trinajstić information content (AvgIpc) is 3.79. The SMILES string of the molecule is CC1(c2ccccc2)c2ccccc2-c2sc(-c3nc(C4=CCCC=C4)nc(-c4cc(-c5ccccc5)cc(-c5ccccc5)c4)n3)c(-c3ccccc3)c21. The molecule has 2 heterocycles. The molecule has 0 bridgehead atoms. The van der Waals surface area contributed by atoms with Crippen molar-refractivity contribution in [2.24, 2.45) is 0 Å². The molecule has 2 aromatic heterocycles. The van der Waals surface area contributed by atoms with Gasteiger partial charge in [-0.1, -0.05) is 164 Å². The van der Waals surface area contributed by atoms with Crippen LogP contribution in [0.25, 0.3) is 71.5 Å². The molecule has 0 saturated heterocycles. The minimum Gasteiger partial charge on any atom is -0.208 e. The van der Waals surface area contributed by atoms with E-state index in [9.17, 15) is 0 Å². The quantitative estimate of drug-likeness (QED) is 0.164. The third-order valence-corrected chi connectivity index (χ3v) is 12.2. The molecule has 0 radical (unpaired) electrons. The minimum atomic E-state index is -0.380. The third kappa shape index (κ3) is 5.78. The van der Waals surface area contributed by atoms with Gasteiger partial charge in [-0.15, -0.1) is 11.3 Å². The van der Waals surface area contributed by atoms with Gasteiger partial charge in [0.05, 0.1) is 4.88 Å². The van der Waals surface area contributed by atoms with Crippen LogP contribution in [-0.2, 0) is 5.41 Å². The molecule has 0 fully saturated rings. The highest BCUT2D eigenvalue weighted by Gasteiger charge is 2.45. The van der Waals surface area contributed by atoms with E-state index in [-0.39, 0.29) is 5.41 Å². The van der Waals surface area contributed by atoms with Crippen molar-refractivity contribution in [2.75, 3.05) is 0 Å². The summed E-state index contributed by atoms with van der Waals surface area (Å²) in [6.45, 7) is 2.39. The van der Waals surface area contributed by atoms with E-state index in [1.54, 1.807) is 11.3 Å². The number of hydrogen-bond acceptors (Lipinski definition) is 4. The van der Waals surface area contributed by atoms with Crippen LogP contribution in [0.2, 0.25) is 0 Å². The minimum absolute atomic E-state index is 0.380. The van der Waals surface area contributed by atoms with Crippen molar-refractivity contribution in [2.45, 2.75) is 25.2 Å². The number of benzene rings is 6. The van der Waals surface area contributed by atoms with Crippen molar-refractivity contribution in [1.82, 2.24) is 15.0 Å². The molecule has 0 amide bonds. The molecule has 0 saturated carbocycles. The molecule has 10 rings (SSSR count). The molecule has 262 valence electrons. The zero-order valence-electron chi connectivity index (χ0n) is 30.5. The van der Waals surface area contributed by atoms with Gasteiger partial charge in [0.25, 0.3) is 0 Å². The van der Waals surface area contributed by atoms with Crippen LogP contribution in [0.15, 0.2) is 182 Å². The summed E-state index contributed by atoms with van der Waals surface area (Å²) in [6, 6.07) is 58.5. The zero-order valence-corrected chi connectivity index (χ0v) is 31.3. The summed E-state index contributed by atoms with van der Waals surface area (Å²) in [6.07, 6.45) is 8.62. The Morgan fingerprint density at radius 2 is 1.04 bits per heavy atom. The van der Waals surface area contributed by atoms with Gasteiger partial charge in [0.15, 0.2) is 17.5 Å². The Labute approximate surface area is 326 Å². The molecular weight excluding hydrogens is 687 g/mol. The van der Waals surface area contributed by atoms with Crippen LogP contribution in [0.4, 0.5) is 0 Å². The first kappa shape index (κ1) is 33.1. The molecule has 4 heteroatoms. The molecule has 2 aliphatic rings. The van der Waals surface area contributed by atoms with Gasteiger partial charge in [-0.2, -0.15) is 0 Å². The molecule has 6 aromatic carbocycles. The van der Waals surface area contributed by atoms with Crippen LogP contribution in [0.1, 0.15) is 42.3 Å². The number of allylic oxidation sites excluding steroid dienone is 4. The van der Waals surface area contributed by atoms with Gasteiger partial charge in [0, 0.05) is 27.0 Å². The number of nitrogens with zero attached hydrogens (tertiary/aromatic N) is 3. The van der Waals surface area contributed by atoms with Crippen molar-refractivity contribution in [1.29, 1.82) is 0 Å². The molecule has 8 aromatic rings. The molecule has 3 nitrogen and oxygen atoms in total. The predicted octanol–water partition coefficient (Wildman–Crippen LogP) is 13.3. The van der Waals surface area contributed by atoms with Crippen LogP contribution in [-0.4, -0.2) is 15.0 Å². The number of hydrogen-bond donors (Lipinski definition) is 0. The van der Waals surface area contributed by atoms with Crippen LogP contribution < -0.4 is 0 Å². The average molecular weight is 724 g/mol. The Morgan fingerprint density at radius 3 is 1.67 bits per heavy atom. The van der Waals surface area contributed by atoms with Crippen LogP contribution in [0.3, 0.4) is 0 Å². The molecule has 0 N–H and O–H groups in total. The maximum atomic E-state index is 5.45. The fraction of sp³-hybridized carbons (Fsp3) is 0.0784. The number of thiophene rings is 1. The monoisotopic (exact) mass is 723 g/mol. The van der Waals surface area contributed by atoms with Crippen molar-refractivity contribution in [3.8, 4) is 65.9 Å². The molecule has 1 unspecified atom stereocenters. The zero-order chi connectivity index (χ0) is 36.8. The van der Waals surface area contributed by atoms with Crippen LogP contribution in [0.5, 0.6) is 0 Å². The van der Waals surface area contributed by atoms with E-state index in [0.29, 0.717) is 17.5 Å². The largest absolute Gasteiger partial charge is 0.208 e. The predicted molar refractivity (Wildman–Crippen MR) is 229 cm³/mol. The van der Waals surface area contributed by atoms with E-state index >= 15 is 0 Å². The highest BCUT2D eigenvalue weighted by molar-refractivity contribution is 7.19. The second-order valence-electron chi connectivity index (χ2n) is 14.4. The Hall–Kier alpha value is -6.49. The van der Waals surface area contributed by atoms with Crippen molar-refractivity contribution in [3.63, 3.8) is 0 Å². The lowest BCUT2D eigenvalue weighted by atomic mass is 9.72. The Morgan fingerprint density at radius 1 is 0.491 bits per heavy atom. The van der Waals surface area contributed by atoms with Crippen molar-refractivity contribution in [3.05, 3.63) is 205 Å². The molecular formula is C51H37N3S. The maximum Gasteiger partial charge on any atom is 0.174 e. The number of aromatic nitrogens is 3. The van der Waals surface area contributed by atoms with Crippen LogP contribution in [0, 0.1) is 0 Å². The lowest BCUT2D eigenvalue weighted by Crippen LogP contribution is -2.23. The Balaban J connectivity index is 1.26. The van der Waals surface area contributed by atoms with Crippen LogP contribution >= 0.6 is 11.3 Å². The number of fused-ring (bicyclic) bond motifs is 3. The van der Waals surface area contributed by atoms with Gasteiger partial charge in [-0.3, -0.25) is 0 Å². The summed E-state index contributed by atoms with van der Waals surface area (Å²) in [4.78, 5) is 18.4. The van der Waals surface area contributed by atoms with E-state index in [1.165, 1.54) is 32.7 Å². The first-order valence-electron chi connectivity index (χ1n) is 18.9. The molecule has 55 heavy (non-hydrogen) atoms. The second-order valence-corrected chi connectivity index (χ2v) is 15.4. The summed E-state index contributed by atoms with van der Waals surface area (Å²) in [7, 11) is 0. The van der Waals surface area contributed by atoms with Crippen molar-refractivity contribution < 1.29 is 0 Å². The van der Waals surface area contributed by atoms with E-state index < -0.39 is 0 Å². The summed E-state index contributed by atoms with van der Waals surface area (Å²) >= 11 is 1.81. The van der Waals surface area contributed by atoms with E-state index in [1.807, 2.05) is 0 Å². The normalized spacial score (nSPS) is 15.7. The van der Waals surface area contributed by atoms with Gasteiger partial charge < -0.3 is 0 Å². The lowest BCUT2D eigenvalue weighted by Gasteiger charge is -2.29. The fourth-order valence-electron chi connectivity index (χ4n) is 8.32. The highest BCUT2D eigenvalue weighted by atomic mass is 32.1. The van der Waals surface area contributed by atoms with Gasteiger partial charge in [0.1, 0.15) is 0 Å². The summed E-state index contributed by atoms with van der Waals surface area (Å²) < 4.78 is 0. The van der Waals surface area contributed by atoms with Gasteiger partial charge >= 0.3 is 0 Å². The Kier molecular flexibility index (Phi) is 8.27. The Bertz CT molecular complexity index is 2690. The topological polar surface area (TPSA) is 38.7 Å². The van der Waals surface area contributed by atoms with Gasteiger partial charge in [-0.05, 0) is 88.0 Å². The van der Waals surface area contributed by atoms with E-state index in [0.717, 1.165) is 56.7 Å².